The smallest absolute Gasteiger partial charge is 0.371 e. The molecule has 9 nitrogen and oxygen atoms in total. The number of pyridine rings is 1. The fraction of sp³-hybridized carbons (Fsp3) is 0.417. The summed E-state index contributed by atoms with van der Waals surface area (Å²) < 4.78 is 44.7. The highest BCUT2D eigenvalue weighted by Crippen LogP contribution is 2.33. The summed E-state index contributed by atoms with van der Waals surface area (Å²) in [5, 5.41) is 0. The van der Waals surface area contributed by atoms with Crippen molar-refractivity contribution in [1.82, 2.24) is 0 Å². The van der Waals surface area contributed by atoms with Gasteiger partial charge in [0.25, 0.3) is 10.1 Å². The molecule has 0 bridgehead atoms. The van der Waals surface area contributed by atoms with Crippen LogP contribution in [0.3, 0.4) is 0 Å². The second-order valence-corrected chi connectivity index (χ2v) is 16.8. The van der Waals surface area contributed by atoms with Crippen molar-refractivity contribution >= 4 is 23.9 Å². The minimum atomic E-state index is -3.51. The number of nitrogens with one attached hydrogen (secondary N) is 1. The van der Waals surface area contributed by atoms with E-state index in [2.05, 4.69) is 29.6 Å². The number of allylic oxidation sites excluding steroid dienone is 1. The molecule has 35 heavy (non-hydrogen) atoms. The van der Waals surface area contributed by atoms with Gasteiger partial charge in [-0.1, -0.05) is 25.7 Å². The molecule has 0 aliphatic carbocycles. The molecule has 3 N–H and O–H groups in total. The van der Waals surface area contributed by atoms with E-state index in [1.54, 1.807) is 24.4 Å². The van der Waals surface area contributed by atoms with Gasteiger partial charge in [0, 0.05) is 27.2 Å². The van der Waals surface area contributed by atoms with Gasteiger partial charge in [0.1, 0.15) is 30.9 Å². The minimum absolute atomic E-state index is 0.0244. The Morgan fingerprint density at radius 3 is 2.74 bits per heavy atom. The molecule has 2 aromatic rings. The van der Waals surface area contributed by atoms with Gasteiger partial charge in [-0.2, -0.15) is 13.4 Å². The van der Waals surface area contributed by atoms with Gasteiger partial charge in [-0.05, 0) is 36.0 Å². The van der Waals surface area contributed by atoms with Crippen LogP contribution in [0, 0.1) is 0 Å². The highest BCUT2D eigenvalue weighted by Gasteiger charge is 2.25. The van der Waals surface area contributed by atoms with Crippen molar-refractivity contribution in [3.63, 3.8) is 0 Å². The molecule has 1 aliphatic rings. The Labute approximate surface area is 208 Å². The SMILES string of the molecule is C[Si](C)(C)CCOCN=C(C=CN)c1ccc(Oc2ccc3c(c2)OC(COS(C)(=O)=O)C3)[nH+]c1. The van der Waals surface area contributed by atoms with Gasteiger partial charge < -0.3 is 19.9 Å². The maximum absolute atomic E-state index is 11.2. The van der Waals surface area contributed by atoms with Crippen LogP contribution in [0.5, 0.6) is 17.4 Å². The van der Waals surface area contributed by atoms with Crippen molar-refractivity contribution in [2.24, 2.45) is 10.7 Å². The number of H-pyrrole nitrogens is 1. The van der Waals surface area contributed by atoms with Crippen molar-refractivity contribution in [2.45, 2.75) is 38.2 Å². The third-order valence-electron chi connectivity index (χ3n) is 5.13. The average molecular weight is 521 g/mol. The third-order valence-corrected chi connectivity index (χ3v) is 7.40. The number of aromatic nitrogens is 1. The van der Waals surface area contributed by atoms with Gasteiger partial charge >= 0.3 is 5.88 Å². The minimum Gasteiger partial charge on any atom is -0.487 e. The summed E-state index contributed by atoms with van der Waals surface area (Å²) in [6, 6.07) is 10.3. The lowest BCUT2D eigenvalue weighted by Crippen LogP contribution is -2.22. The van der Waals surface area contributed by atoms with E-state index in [1.165, 1.54) is 6.20 Å². The first kappa shape index (κ1) is 26.9. The van der Waals surface area contributed by atoms with Gasteiger partial charge in [0.05, 0.1) is 23.6 Å². The molecule has 3 rings (SSSR count). The summed E-state index contributed by atoms with van der Waals surface area (Å²) in [6.45, 7) is 7.88. The zero-order valence-corrected chi connectivity index (χ0v) is 22.4. The monoisotopic (exact) mass is 520 g/mol. The number of aromatic amines is 1. The largest absolute Gasteiger partial charge is 0.487 e. The van der Waals surface area contributed by atoms with E-state index in [0.717, 1.165) is 23.4 Å². The lowest BCUT2D eigenvalue weighted by atomic mass is 10.1. The van der Waals surface area contributed by atoms with Crippen LogP contribution >= 0.6 is 0 Å². The molecule has 190 valence electrons. The highest BCUT2D eigenvalue weighted by molar-refractivity contribution is 7.85. The van der Waals surface area contributed by atoms with Crippen LogP contribution in [0.15, 0.2) is 53.8 Å². The maximum Gasteiger partial charge on any atom is 0.371 e. The molecular formula is C24H34N3O6SSi+. The summed E-state index contributed by atoms with van der Waals surface area (Å²) in [6.07, 6.45) is 6.21. The average Bonchev–Trinajstić information content (AvgIpc) is 3.18. The number of nitrogens with zero attached hydrogens (tertiary/aromatic N) is 1. The molecule has 0 spiro atoms. The molecule has 0 saturated heterocycles. The molecule has 1 aliphatic heterocycles. The second kappa shape index (κ2) is 11.8. The van der Waals surface area contributed by atoms with E-state index in [9.17, 15) is 8.42 Å². The zero-order chi connectivity index (χ0) is 25.5. The van der Waals surface area contributed by atoms with Crippen LogP contribution in [0.25, 0.3) is 0 Å². The van der Waals surface area contributed by atoms with Gasteiger partial charge in [0.15, 0.2) is 6.20 Å². The topological polar surface area (TPSA) is 124 Å². The number of ether oxygens (including phenoxy) is 3. The number of hydrogen-bond donors (Lipinski definition) is 1. The Kier molecular flexibility index (Phi) is 9.06. The predicted octanol–water partition coefficient (Wildman–Crippen LogP) is 3.15. The zero-order valence-electron chi connectivity index (χ0n) is 20.6. The number of fused-ring (bicyclic) bond motifs is 1. The Bertz CT molecular complexity index is 1160. The van der Waals surface area contributed by atoms with Crippen molar-refractivity contribution in [3.05, 3.63) is 59.9 Å². The Balaban J connectivity index is 1.58. The molecule has 2 heterocycles. The molecule has 1 atom stereocenters. The first-order chi connectivity index (χ1) is 16.5. The van der Waals surface area contributed by atoms with E-state index >= 15 is 0 Å². The number of hydrogen-bond acceptors (Lipinski definition) is 8. The van der Waals surface area contributed by atoms with Crippen molar-refractivity contribution in [3.8, 4) is 17.4 Å². The van der Waals surface area contributed by atoms with E-state index in [0.29, 0.717) is 36.1 Å². The Morgan fingerprint density at radius 2 is 2.09 bits per heavy atom. The van der Waals surface area contributed by atoms with Crippen LogP contribution < -0.4 is 20.2 Å². The molecule has 0 saturated carbocycles. The summed E-state index contributed by atoms with van der Waals surface area (Å²) in [5.74, 6) is 1.77. The van der Waals surface area contributed by atoms with Crippen LogP contribution in [0.4, 0.5) is 0 Å². The number of nitrogens with two attached hydrogens (primary N) is 1. The standard InChI is InChI=1S/C24H33N3O6SSi/c1-34(28,29)31-16-21-13-18-5-7-20(14-23(18)32-21)33-24-8-6-19(15-26-24)22(9-10-25)27-17-30-11-12-35(2,3)4/h5-10,14-15,21H,11-13,16-17,25H2,1-4H3/p+1. The predicted molar refractivity (Wildman–Crippen MR) is 137 cm³/mol. The fourth-order valence-corrected chi connectivity index (χ4v) is 4.44. The lowest BCUT2D eigenvalue weighted by molar-refractivity contribution is -0.391. The maximum atomic E-state index is 11.2. The van der Waals surface area contributed by atoms with Gasteiger partial charge in [0.2, 0.25) is 0 Å². The van der Waals surface area contributed by atoms with Gasteiger partial charge in [-0.25, -0.2) is 0 Å². The van der Waals surface area contributed by atoms with Gasteiger partial charge in [-0.15, -0.1) is 0 Å². The van der Waals surface area contributed by atoms with Crippen LogP contribution in [0.2, 0.25) is 25.7 Å². The first-order valence-corrected chi connectivity index (χ1v) is 16.9. The summed E-state index contributed by atoms with van der Waals surface area (Å²) in [5.41, 5.74) is 8.12. The number of benzene rings is 1. The number of aliphatic imine (C=N–C) groups is 1. The van der Waals surface area contributed by atoms with Crippen LogP contribution in [-0.4, -0.2) is 54.5 Å². The molecule has 0 amide bonds. The first-order valence-electron chi connectivity index (χ1n) is 11.4. The quantitative estimate of drug-likeness (QED) is 0.197. The summed E-state index contributed by atoms with van der Waals surface area (Å²) in [7, 11) is -4.64. The molecule has 1 unspecified atom stereocenters. The highest BCUT2D eigenvalue weighted by atomic mass is 32.2. The van der Waals surface area contributed by atoms with Crippen LogP contribution in [-0.2, 0) is 25.5 Å². The molecule has 0 radical (unpaired) electrons. The van der Waals surface area contributed by atoms with Crippen LogP contribution in [0.1, 0.15) is 11.1 Å². The summed E-state index contributed by atoms with van der Waals surface area (Å²) in [4.78, 5) is 7.63. The van der Waals surface area contributed by atoms with E-state index in [-0.39, 0.29) is 19.4 Å². The van der Waals surface area contributed by atoms with Gasteiger partial charge in [-0.3, -0.25) is 9.18 Å². The third kappa shape index (κ3) is 9.09. The lowest BCUT2D eigenvalue weighted by Gasteiger charge is -2.14. The molecule has 1 aromatic heterocycles. The molecular weight excluding hydrogens is 486 g/mol. The van der Waals surface area contributed by atoms with E-state index in [4.69, 9.17) is 24.1 Å². The normalized spacial score (nSPS) is 16.3. The molecule has 0 fully saturated rings. The Morgan fingerprint density at radius 1 is 1.29 bits per heavy atom. The molecule has 1 aromatic carbocycles. The van der Waals surface area contributed by atoms with Crippen molar-refractivity contribution in [2.75, 3.05) is 26.2 Å². The van der Waals surface area contributed by atoms with Crippen molar-refractivity contribution in [1.29, 1.82) is 0 Å². The van der Waals surface area contributed by atoms with E-state index < -0.39 is 18.2 Å². The van der Waals surface area contributed by atoms with E-state index in [1.807, 2.05) is 18.2 Å². The summed E-state index contributed by atoms with van der Waals surface area (Å²) >= 11 is 0. The number of rotatable bonds is 12. The fourth-order valence-electron chi connectivity index (χ4n) is 3.29. The van der Waals surface area contributed by atoms with Crippen molar-refractivity contribution < 1.29 is 31.8 Å². The Hall–Kier alpha value is -2.73. The second-order valence-electron chi connectivity index (χ2n) is 9.50. The molecule has 11 heteroatoms.